The summed E-state index contributed by atoms with van der Waals surface area (Å²) in [7, 11) is -10.0. The van der Waals surface area contributed by atoms with Crippen molar-refractivity contribution < 1.29 is 64.8 Å². The molecule has 20 heteroatoms. The molecule has 6 rings (SSSR count). The van der Waals surface area contributed by atoms with E-state index in [0.717, 1.165) is 63.7 Å². The Labute approximate surface area is 587 Å². The van der Waals surface area contributed by atoms with Crippen LogP contribution in [0.4, 0.5) is 0 Å². The molecule has 6 aliphatic rings. The van der Waals surface area contributed by atoms with Crippen molar-refractivity contribution in [3.05, 3.63) is 22.3 Å². The second kappa shape index (κ2) is 32.4. The topological polar surface area (TPSA) is 137 Å². The Morgan fingerprint density at radius 3 is 1.71 bits per heavy atom. The molecule has 0 spiro atoms. The molecule has 0 aliphatic carbocycles. The molecule has 6 saturated heterocycles. The highest BCUT2D eigenvalue weighted by atomic mass is 127. The van der Waals surface area contributed by atoms with Gasteiger partial charge in [-0.25, -0.2) is 0 Å². The molecule has 14 nitrogen and oxygen atoms in total. The number of ketones is 1. The van der Waals surface area contributed by atoms with Gasteiger partial charge in [0.1, 0.15) is 30.2 Å². The van der Waals surface area contributed by atoms with Gasteiger partial charge in [-0.05, 0) is 170 Å². The molecule has 542 valence electrons. The molecule has 6 heterocycles. The largest absolute Gasteiger partial charge is 0.414 e. The fourth-order valence-electron chi connectivity index (χ4n) is 13.3. The maximum atomic E-state index is 15.4. The van der Waals surface area contributed by atoms with E-state index in [1.54, 1.807) is 7.11 Å². The molecule has 6 aliphatic heterocycles. The fourth-order valence-corrected chi connectivity index (χ4v) is 19.9. The van der Waals surface area contributed by atoms with Gasteiger partial charge in [0.2, 0.25) is 0 Å². The summed E-state index contributed by atoms with van der Waals surface area (Å²) in [4.78, 5) is 15.4. The maximum absolute atomic E-state index is 15.4. The molecule has 4 unspecified atom stereocenters. The molecule has 93 heavy (non-hydrogen) atoms. The number of methoxy groups -OCH3 is 1. The van der Waals surface area contributed by atoms with Crippen molar-refractivity contribution in [2.75, 3.05) is 26.9 Å². The predicted octanol–water partition coefficient (Wildman–Crippen LogP) is 18.8. The Balaban J connectivity index is 1.30. The average molecular weight is 1510 g/mol. The quantitative estimate of drug-likeness (QED) is 0.0417. The van der Waals surface area contributed by atoms with Crippen LogP contribution in [-0.2, 0) is 64.8 Å². The summed E-state index contributed by atoms with van der Waals surface area (Å²) < 4.78 is 94.1. The highest BCUT2D eigenvalue weighted by Crippen LogP contribution is 2.50. The first-order valence-electron chi connectivity index (χ1n) is 36.4. The molecule has 0 N–H and O–H groups in total. The summed E-state index contributed by atoms with van der Waals surface area (Å²) in [6.07, 6.45) is 7.63. The Hall–Kier alpha value is 0.444. The zero-order chi connectivity index (χ0) is 70.0. The smallest absolute Gasteiger partial charge is 0.193 e. The normalized spacial score (nSPS) is 32.9. The Morgan fingerprint density at radius 1 is 0.602 bits per heavy atom. The Bertz CT molecular complexity index is 2400. The first kappa shape index (κ1) is 82.4. The van der Waals surface area contributed by atoms with E-state index in [9.17, 15) is 0 Å². The number of halogens is 1. The number of Topliss-reactive ketones (excluding diaryl/α,β-unsaturated/α-hetero) is 1. The highest BCUT2D eigenvalue weighted by molar-refractivity contribution is 14.1. The van der Waals surface area contributed by atoms with E-state index in [2.05, 4.69) is 216 Å². The van der Waals surface area contributed by atoms with E-state index in [1.807, 2.05) is 0 Å². The van der Waals surface area contributed by atoms with E-state index in [1.165, 1.54) is 0 Å². The predicted molar refractivity (Wildman–Crippen MR) is 400 cm³/mol. The lowest BCUT2D eigenvalue weighted by atomic mass is 9.81. The summed E-state index contributed by atoms with van der Waals surface area (Å²) in [6.45, 7) is 69.0. The van der Waals surface area contributed by atoms with Crippen LogP contribution in [0.1, 0.15) is 201 Å². The number of fused-ring (bicyclic) bond motifs is 1. The first-order chi connectivity index (χ1) is 42.5. The zero-order valence-corrected chi connectivity index (χ0v) is 71.4. The van der Waals surface area contributed by atoms with E-state index < -0.39 is 66.0 Å². The minimum absolute atomic E-state index is 0.0227. The lowest BCUT2D eigenvalue weighted by Gasteiger charge is -2.56. The van der Waals surface area contributed by atoms with Crippen molar-refractivity contribution in [1.29, 1.82) is 0 Å². The van der Waals surface area contributed by atoms with Crippen LogP contribution in [0.5, 0.6) is 0 Å². The molecule has 0 bridgehead atoms. The van der Waals surface area contributed by atoms with Gasteiger partial charge < -0.3 is 60.0 Å². The number of hydrogen-bond donors (Lipinski definition) is 0. The fraction of sp³-hybridized carbons (Fsp3) is 0.932. The van der Waals surface area contributed by atoms with E-state index in [0.29, 0.717) is 38.2 Å². The van der Waals surface area contributed by atoms with Crippen LogP contribution in [0.3, 0.4) is 0 Å². The molecule has 0 aromatic carbocycles. The van der Waals surface area contributed by atoms with Gasteiger partial charge in [-0.15, -0.1) is 0 Å². The van der Waals surface area contributed by atoms with Crippen LogP contribution >= 0.6 is 22.6 Å². The number of ether oxygens (including phenoxy) is 8. The number of carbonyl (C=O) groups is 1. The van der Waals surface area contributed by atoms with E-state index in [-0.39, 0.29) is 129 Å². The molecular weight excluding hydrogens is 1370 g/mol. The summed E-state index contributed by atoms with van der Waals surface area (Å²) in [5, 5.41) is -0.242. The summed E-state index contributed by atoms with van der Waals surface area (Å²) >= 11 is 2.33. The van der Waals surface area contributed by atoms with Gasteiger partial charge in [-0.1, -0.05) is 147 Å². The molecule has 0 radical (unpaired) electrons. The minimum atomic E-state index is -2.50. The van der Waals surface area contributed by atoms with Gasteiger partial charge in [0.25, 0.3) is 0 Å². The molecule has 0 saturated carbocycles. The van der Waals surface area contributed by atoms with E-state index in [4.69, 9.17) is 66.6 Å². The molecule has 0 amide bonds. The SMILES string of the molecule is C=C1[C@H](C)C[C@H](CC[C@@H]2O[C@@H](CCC3OCCCO3)CC2C)O[C@@H]1C[C@@H]1O[C@H](C[C@@H](CO[Si](C)(C)C(C)(C)C)O[Si](C)(C)C(C)(C)C)[C@H](OC)[C@H]1CC(=O)C[C@H]1CC[C@@H]2O[C@@H](C(/C=C/I)O[Si](C)(C)C(C)(C)C)C(O[Si](C)(C)C(C)(C)C)C(O[Si](C)(C)C(C)(C)C)[C@H]2O1. The Kier molecular flexibility index (Phi) is 28.7. The molecule has 18 atom stereocenters. The van der Waals surface area contributed by atoms with Gasteiger partial charge in [-0.2, -0.15) is 0 Å². The number of rotatable bonds is 28. The van der Waals surface area contributed by atoms with Crippen molar-refractivity contribution in [1.82, 2.24) is 0 Å². The zero-order valence-electron chi connectivity index (χ0n) is 64.2. The number of hydrogen-bond acceptors (Lipinski definition) is 14. The van der Waals surface area contributed by atoms with Crippen LogP contribution in [0.2, 0.25) is 90.7 Å². The maximum Gasteiger partial charge on any atom is 0.193 e. The van der Waals surface area contributed by atoms with Crippen molar-refractivity contribution >= 4 is 70.0 Å². The second-order valence-electron chi connectivity index (χ2n) is 37.0. The third-order valence-corrected chi connectivity index (χ3v) is 47.5. The summed E-state index contributed by atoms with van der Waals surface area (Å²) in [5.41, 5.74) is 1.09. The van der Waals surface area contributed by atoms with Crippen LogP contribution in [0.15, 0.2) is 22.3 Å². The van der Waals surface area contributed by atoms with Crippen LogP contribution in [0.25, 0.3) is 0 Å². The molecular formula is C73H139IO14Si5. The molecule has 6 fully saturated rings. The van der Waals surface area contributed by atoms with Crippen molar-refractivity contribution in [3.63, 3.8) is 0 Å². The summed E-state index contributed by atoms with van der Waals surface area (Å²) in [5.74, 6) is 0.588. The standard InChI is InChI=1S/C73H139IO14Si5/c1-48-41-52(31-34-57-49(2)42-53(80-57)33-36-63-77-39-30-40-78-63)81-60(50(48)3)46-61-56(64(76-19)62(83-61)45-55(85-90(22,23)70(7,8)9)47-79-89(20,21)69(4,5)6)44-51(75)43-54-32-35-58-65(82-54)67(87-92(26,27)72(13,14)15)68(88-93(28,29)73(16,17)18)66(84-58)59(37-38-74)86-91(24,25)71(10,11)12/h37-38,48-49,52-68H,3,30-36,39-47H2,1-2,4-29H3/b38-37+/t48-,49?,52+,53+,54-,55+,56+,57+,58+,59?,60-,61+,62-,64-,65+,66+,67?,68?/m1/s1. The average Bonchev–Trinajstić information content (AvgIpc) is 1.35. The van der Waals surface area contributed by atoms with Gasteiger partial charge in [-0.3, -0.25) is 4.79 Å². The van der Waals surface area contributed by atoms with Gasteiger partial charge in [0, 0.05) is 45.1 Å². The number of carbonyl (C=O) groups excluding carboxylic acids is 1. The third kappa shape index (κ3) is 21.5. The van der Waals surface area contributed by atoms with E-state index >= 15 is 4.79 Å². The van der Waals surface area contributed by atoms with Gasteiger partial charge >= 0.3 is 0 Å². The second-order valence-corrected chi connectivity index (χ2v) is 61.6. The molecule has 0 aromatic rings. The van der Waals surface area contributed by atoms with Crippen molar-refractivity contribution in [3.8, 4) is 0 Å². The lowest BCUT2D eigenvalue weighted by Crippen LogP contribution is -2.69. The van der Waals surface area contributed by atoms with Crippen molar-refractivity contribution in [2.45, 2.75) is 390 Å². The first-order valence-corrected chi connectivity index (χ1v) is 52.2. The minimum Gasteiger partial charge on any atom is -0.414 e. The Morgan fingerprint density at radius 2 is 1.15 bits per heavy atom. The highest BCUT2D eigenvalue weighted by Gasteiger charge is 2.59. The van der Waals surface area contributed by atoms with Crippen molar-refractivity contribution in [2.24, 2.45) is 17.8 Å². The van der Waals surface area contributed by atoms with Crippen LogP contribution in [-0.4, -0.2) is 172 Å². The third-order valence-electron chi connectivity index (χ3n) is 24.6. The lowest BCUT2D eigenvalue weighted by molar-refractivity contribution is -0.266. The van der Waals surface area contributed by atoms with Gasteiger partial charge in [0.05, 0.1) is 87.0 Å². The molecule has 0 aromatic heterocycles. The summed E-state index contributed by atoms with van der Waals surface area (Å²) in [6, 6.07) is 0. The monoisotopic (exact) mass is 1510 g/mol. The van der Waals surface area contributed by atoms with Crippen LogP contribution in [0, 0.1) is 17.8 Å². The van der Waals surface area contributed by atoms with Gasteiger partial charge in [0.15, 0.2) is 47.9 Å². The van der Waals surface area contributed by atoms with Crippen LogP contribution < -0.4 is 0 Å².